The highest BCUT2D eigenvalue weighted by atomic mass is 16.5. The molecule has 0 bridgehead atoms. The van der Waals surface area contributed by atoms with Gasteiger partial charge in [0.05, 0.1) is 6.54 Å². The number of hydrogen-bond donors (Lipinski definition) is 1. The van der Waals surface area contributed by atoms with Crippen LogP contribution in [0.15, 0.2) is 10.9 Å². The number of nitrogens with zero attached hydrogens (tertiary/aromatic N) is 3. The quantitative estimate of drug-likeness (QED) is 0.863. The molecule has 100 valence electrons. The maximum absolute atomic E-state index is 4.82. The zero-order valence-corrected chi connectivity index (χ0v) is 11.1. The van der Waals surface area contributed by atoms with Crippen LogP contribution in [0, 0.1) is 0 Å². The Morgan fingerprint density at radius 3 is 3.00 bits per heavy atom. The molecule has 5 heteroatoms. The first-order valence-electron chi connectivity index (χ1n) is 7.02. The van der Waals surface area contributed by atoms with Gasteiger partial charge in [-0.1, -0.05) is 24.4 Å². The van der Waals surface area contributed by atoms with E-state index >= 15 is 0 Å². The summed E-state index contributed by atoms with van der Waals surface area (Å²) in [5.41, 5.74) is 0.342. The third kappa shape index (κ3) is 2.42. The predicted octanol–water partition coefficient (Wildman–Crippen LogP) is 1.57. The fraction of sp³-hybridized carbons (Fsp3) is 0.846. The Kier molecular flexibility index (Phi) is 3.35. The monoisotopic (exact) mass is 250 g/mol. The van der Waals surface area contributed by atoms with E-state index in [4.69, 9.17) is 4.52 Å². The topological polar surface area (TPSA) is 54.2 Å². The zero-order valence-electron chi connectivity index (χ0n) is 11.1. The molecule has 2 fully saturated rings. The molecule has 1 N–H and O–H groups in total. The molecule has 1 atom stereocenters. The molecule has 1 aromatic rings. The highest BCUT2D eigenvalue weighted by Gasteiger charge is 2.38. The summed E-state index contributed by atoms with van der Waals surface area (Å²) in [6.45, 7) is 5.25. The van der Waals surface area contributed by atoms with Crippen LogP contribution in [0.4, 0.5) is 0 Å². The fourth-order valence-corrected chi connectivity index (χ4v) is 3.31. The van der Waals surface area contributed by atoms with Crippen LogP contribution in [0.25, 0.3) is 0 Å². The second-order valence-electron chi connectivity index (χ2n) is 5.82. The number of nitrogens with one attached hydrogen (secondary N) is 1. The molecule has 0 aromatic carbocycles. The number of rotatable bonds is 2. The van der Waals surface area contributed by atoms with Gasteiger partial charge in [0.1, 0.15) is 0 Å². The van der Waals surface area contributed by atoms with E-state index in [1.807, 2.05) is 0 Å². The average molecular weight is 250 g/mol. The van der Waals surface area contributed by atoms with Crippen LogP contribution in [-0.2, 0) is 6.54 Å². The lowest BCUT2D eigenvalue weighted by atomic mass is 9.79. The molecular formula is C13H22N4O. The maximum atomic E-state index is 4.82. The molecular weight excluding hydrogens is 228 g/mol. The van der Waals surface area contributed by atoms with E-state index in [1.54, 1.807) is 0 Å². The highest BCUT2D eigenvalue weighted by molar-refractivity contribution is 4.99. The van der Waals surface area contributed by atoms with Crippen molar-refractivity contribution in [3.8, 4) is 0 Å². The van der Waals surface area contributed by atoms with Crippen molar-refractivity contribution in [1.82, 2.24) is 20.4 Å². The minimum Gasteiger partial charge on any atom is -0.343 e. The first-order valence-corrected chi connectivity index (χ1v) is 7.02. The SMILES string of the molecule is CC1CNC2(CCCCC2)CN1Cc1ncon1. The molecule has 2 aliphatic rings. The molecule has 1 aliphatic heterocycles. The third-order valence-electron chi connectivity index (χ3n) is 4.46. The van der Waals surface area contributed by atoms with Gasteiger partial charge in [0.15, 0.2) is 5.82 Å². The third-order valence-corrected chi connectivity index (χ3v) is 4.46. The van der Waals surface area contributed by atoms with Crippen LogP contribution in [0.1, 0.15) is 44.9 Å². The minimum absolute atomic E-state index is 0.342. The molecule has 5 nitrogen and oxygen atoms in total. The fourth-order valence-electron chi connectivity index (χ4n) is 3.31. The highest BCUT2D eigenvalue weighted by Crippen LogP contribution is 2.32. The lowest BCUT2D eigenvalue weighted by Crippen LogP contribution is -2.63. The van der Waals surface area contributed by atoms with Crippen molar-refractivity contribution in [3.63, 3.8) is 0 Å². The standard InChI is InChI=1S/C13H22N4O/c1-11-7-15-13(5-3-2-4-6-13)9-17(11)8-12-14-10-18-16-12/h10-11,15H,2-9H2,1H3. The Labute approximate surface area is 108 Å². The number of piperazine rings is 1. The van der Waals surface area contributed by atoms with Crippen molar-refractivity contribution in [2.75, 3.05) is 13.1 Å². The van der Waals surface area contributed by atoms with Crippen LogP contribution in [0.3, 0.4) is 0 Å². The van der Waals surface area contributed by atoms with Gasteiger partial charge in [0.25, 0.3) is 0 Å². The van der Waals surface area contributed by atoms with Gasteiger partial charge < -0.3 is 9.84 Å². The van der Waals surface area contributed by atoms with E-state index in [9.17, 15) is 0 Å². The normalized spacial score (nSPS) is 28.6. The lowest BCUT2D eigenvalue weighted by Gasteiger charge is -2.48. The van der Waals surface area contributed by atoms with Gasteiger partial charge in [-0.15, -0.1) is 0 Å². The molecule has 2 heterocycles. The Balaban J connectivity index is 1.68. The largest absolute Gasteiger partial charge is 0.343 e. The van der Waals surface area contributed by atoms with Gasteiger partial charge in [-0.05, 0) is 19.8 Å². The smallest absolute Gasteiger partial charge is 0.213 e. The van der Waals surface area contributed by atoms with Gasteiger partial charge in [-0.2, -0.15) is 4.98 Å². The summed E-state index contributed by atoms with van der Waals surface area (Å²) >= 11 is 0. The van der Waals surface area contributed by atoms with Gasteiger partial charge in [0.2, 0.25) is 6.39 Å². The average Bonchev–Trinajstić information content (AvgIpc) is 2.88. The van der Waals surface area contributed by atoms with E-state index in [2.05, 4.69) is 27.3 Å². The van der Waals surface area contributed by atoms with Crippen molar-refractivity contribution in [3.05, 3.63) is 12.2 Å². The zero-order chi connectivity index (χ0) is 12.4. The molecule has 1 spiro atoms. The summed E-state index contributed by atoms with van der Waals surface area (Å²) in [5, 5.41) is 7.72. The summed E-state index contributed by atoms with van der Waals surface area (Å²) in [4.78, 5) is 6.63. The minimum atomic E-state index is 0.342. The van der Waals surface area contributed by atoms with E-state index in [1.165, 1.54) is 38.5 Å². The van der Waals surface area contributed by atoms with Crippen molar-refractivity contribution in [1.29, 1.82) is 0 Å². The van der Waals surface area contributed by atoms with Crippen molar-refractivity contribution in [2.24, 2.45) is 0 Å². The number of hydrogen-bond acceptors (Lipinski definition) is 5. The predicted molar refractivity (Wildman–Crippen MR) is 68.0 cm³/mol. The Hall–Kier alpha value is -0.940. The summed E-state index contributed by atoms with van der Waals surface area (Å²) in [6.07, 6.45) is 8.14. The van der Waals surface area contributed by atoms with Crippen molar-refractivity contribution < 1.29 is 4.52 Å². The van der Waals surface area contributed by atoms with Gasteiger partial charge in [-0.25, -0.2) is 0 Å². The summed E-state index contributed by atoms with van der Waals surface area (Å²) in [5.74, 6) is 0.801. The Morgan fingerprint density at radius 1 is 1.44 bits per heavy atom. The van der Waals surface area contributed by atoms with Crippen molar-refractivity contribution in [2.45, 2.75) is 57.2 Å². The molecule has 3 rings (SSSR count). The molecule has 1 saturated carbocycles. The van der Waals surface area contributed by atoms with Gasteiger partial charge in [0, 0.05) is 24.7 Å². The Morgan fingerprint density at radius 2 is 2.28 bits per heavy atom. The van der Waals surface area contributed by atoms with E-state index in [0.717, 1.165) is 25.5 Å². The van der Waals surface area contributed by atoms with Crippen LogP contribution < -0.4 is 5.32 Å². The maximum Gasteiger partial charge on any atom is 0.213 e. The second kappa shape index (κ2) is 4.97. The number of aromatic nitrogens is 2. The summed E-state index contributed by atoms with van der Waals surface area (Å²) in [6, 6.07) is 0.538. The van der Waals surface area contributed by atoms with Crippen molar-refractivity contribution >= 4 is 0 Å². The van der Waals surface area contributed by atoms with Crippen LogP contribution >= 0.6 is 0 Å². The molecule has 18 heavy (non-hydrogen) atoms. The molecule has 1 saturated heterocycles. The van der Waals surface area contributed by atoms with Crippen LogP contribution in [0.5, 0.6) is 0 Å². The van der Waals surface area contributed by atoms with Gasteiger partial charge >= 0.3 is 0 Å². The second-order valence-corrected chi connectivity index (χ2v) is 5.82. The molecule has 0 amide bonds. The lowest BCUT2D eigenvalue weighted by molar-refractivity contribution is 0.0550. The molecule has 1 aliphatic carbocycles. The first-order chi connectivity index (χ1) is 8.77. The van der Waals surface area contributed by atoms with Gasteiger partial charge in [-0.3, -0.25) is 4.90 Å². The molecule has 1 unspecified atom stereocenters. The molecule has 1 aromatic heterocycles. The van der Waals surface area contributed by atoms with Crippen LogP contribution in [0.2, 0.25) is 0 Å². The van der Waals surface area contributed by atoms with E-state index < -0.39 is 0 Å². The molecule has 0 radical (unpaired) electrons. The first kappa shape index (κ1) is 12.1. The van der Waals surface area contributed by atoms with E-state index in [0.29, 0.717) is 11.6 Å². The summed E-state index contributed by atoms with van der Waals surface area (Å²) in [7, 11) is 0. The summed E-state index contributed by atoms with van der Waals surface area (Å²) < 4.78 is 4.82. The van der Waals surface area contributed by atoms with Crippen LogP contribution in [-0.4, -0.2) is 39.7 Å². The Bertz CT molecular complexity index is 372. The van der Waals surface area contributed by atoms with E-state index in [-0.39, 0.29) is 0 Å².